The summed E-state index contributed by atoms with van der Waals surface area (Å²) < 4.78 is 5.27. The van der Waals surface area contributed by atoms with E-state index in [2.05, 4.69) is 31.2 Å². The lowest BCUT2D eigenvalue weighted by atomic mass is 10.1. The number of furan rings is 1. The molecule has 0 unspecified atom stereocenters. The predicted octanol–water partition coefficient (Wildman–Crippen LogP) is 8.33. The fourth-order valence-corrected chi connectivity index (χ4v) is 2.91. The Kier molecular flexibility index (Phi) is 14.4. The van der Waals surface area contributed by atoms with E-state index in [-0.39, 0.29) is 0 Å². The van der Waals surface area contributed by atoms with Gasteiger partial charge >= 0.3 is 0 Å². The highest BCUT2D eigenvalue weighted by Gasteiger charge is 1.93. The molecule has 1 heteroatoms. The second-order valence-electron chi connectivity index (χ2n) is 6.79. The van der Waals surface area contributed by atoms with Gasteiger partial charge in [0.15, 0.2) is 0 Å². The zero-order valence-corrected chi connectivity index (χ0v) is 15.8. The summed E-state index contributed by atoms with van der Waals surface area (Å²) in [6.07, 6.45) is 29.7. The molecule has 0 bridgehead atoms. The van der Waals surface area contributed by atoms with E-state index in [1.165, 1.54) is 89.9 Å². The molecule has 0 fully saturated rings. The van der Waals surface area contributed by atoms with Crippen molar-refractivity contribution in [1.29, 1.82) is 0 Å². The molecule has 24 heavy (non-hydrogen) atoms. The van der Waals surface area contributed by atoms with E-state index in [1.54, 1.807) is 6.26 Å². The summed E-state index contributed by atoms with van der Waals surface area (Å²) >= 11 is 0. The van der Waals surface area contributed by atoms with Crippen LogP contribution in [-0.2, 0) is 0 Å². The van der Waals surface area contributed by atoms with Crippen LogP contribution < -0.4 is 0 Å². The molecular formula is C23H38O. The van der Waals surface area contributed by atoms with Gasteiger partial charge in [-0.3, -0.25) is 0 Å². The maximum absolute atomic E-state index is 5.27. The molecule has 0 N–H and O–H groups in total. The number of rotatable bonds is 16. The van der Waals surface area contributed by atoms with Crippen molar-refractivity contribution in [1.82, 2.24) is 0 Å². The van der Waals surface area contributed by atoms with Crippen LogP contribution in [-0.4, -0.2) is 0 Å². The maximum atomic E-state index is 5.27. The minimum absolute atomic E-state index is 0.964. The fourth-order valence-electron chi connectivity index (χ4n) is 2.91. The minimum atomic E-state index is 0.964. The average molecular weight is 331 g/mol. The summed E-state index contributed by atoms with van der Waals surface area (Å²) in [6, 6.07) is 3.93. The second-order valence-corrected chi connectivity index (χ2v) is 6.79. The van der Waals surface area contributed by atoms with Crippen LogP contribution in [0.15, 0.2) is 41.0 Å². The molecule has 1 nitrogen and oxygen atoms in total. The summed E-state index contributed by atoms with van der Waals surface area (Å²) in [5.41, 5.74) is 0. The molecule has 0 amide bonds. The van der Waals surface area contributed by atoms with Gasteiger partial charge in [-0.1, -0.05) is 82.9 Å². The zero-order chi connectivity index (χ0) is 17.1. The van der Waals surface area contributed by atoms with Crippen LogP contribution in [0.5, 0.6) is 0 Å². The van der Waals surface area contributed by atoms with E-state index in [9.17, 15) is 0 Å². The van der Waals surface area contributed by atoms with Crippen LogP contribution in [0.3, 0.4) is 0 Å². The molecule has 0 aliphatic carbocycles. The topological polar surface area (TPSA) is 13.1 Å². The molecule has 0 saturated heterocycles. The molecule has 0 aliphatic rings. The van der Waals surface area contributed by atoms with Crippen molar-refractivity contribution in [2.75, 3.05) is 0 Å². The first kappa shape index (κ1) is 20.8. The van der Waals surface area contributed by atoms with E-state index < -0.39 is 0 Å². The normalized spacial score (nSPS) is 11.9. The van der Waals surface area contributed by atoms with Crippen molar-refractivity contribution in [2.24, 2.45) is 0 Å². The Hall–Kier alpha value is -1.24. The molecule has 0 spiro atoms. The minimum Gasteiger partial charge on any atom is -0.465 e. The predicted molar refractivity (Wildman–Crippen MR) is 107 cm³/mol. The van der Waals surface area contributed by atoms with Crippen molar-refractivity contribution < 1.29 is 4.42 Å². The third kappa shape index (κ3) is 13.2. The van der Waals surface area contributed by atoms with Gasteiger partial charge in [0.05, 0.1) is 6.26 Å². The molecule has 0 aromatic carbocycles. The monoisotopic (exact) mass is 330 g/mol. The highest BCUT2D eigenvalue weighted by Crippen LogP contribution is 2.12. The summed E-state index contributed by atoms with van der Waals surface area (Å²) in [5.74, 6) is 0.964. The summed E-state index contributed by atoms with van der Waals surface area (Å²) in [7, 11) is 0. The molecule has 1 aromatic heterocycles. The molecule has 1 heterocycles. The summed E-state index contributed by atoms with van der Waals surface area (Å²) in [6.45, 7) is 2.26. The number of allylic oxidation sites excluding steroid dienone is 3. The highest BCUT2D eigenvalue weighted by molar-refractivity contribution is 5.41. The van der Waals surface area contributed by atoms with Crippen LogP contribution >= 0.6 is 0 Å². The summed E-state index contributed by atoms with van der Waals surface area (Å²) in [4.78, 5) is 0. The number of unbranched alkanes of at least 4 members (excludes halogenated alkanes) is 12. The first-order valence-corrected chi connectivity index (χ1v) is 10.3. The third-order valence-corrected chi connectivity index (χ3v) is 4.46. The molecule has 0 radical (unpaired) electrons. The van der Waals surface area contributed by atoms with Gasteiger partial charge in [0.1, 0.15) is 5.76 Å². The standard InChI is InChI=1S/C23H38O/c1-2-3-4-5-6-7-8-9-10-11-12-13-14-15-16-17-18-20-23-21-19-22-24-23/h5-6,18-22H,2-4,7-17H2,1H3. The fraction of sp³-hybridized carbons (Fsp3) is 0.652. The van der Waals surface area contributed by atoms with Crippen molar-refractivity contribution in [3.8, 4) is 0 Å². The SMILES string of the molecule is CCCCC=CCCCCCCCCCCCC=Cc1ccco1. The van der Waals surface area contributed by atoms with Crippen molar-refractivity contribution >= 4 is 6.08 Å². The van der Waals surface area contributed by atoms with Gasteiger partial charge in [-0.2, -0.15) is 0 Å². The Morgan fingerprint density at radius 3 is 1.79 bits per heavy atom. The van der Waals surface area contributed by atoms with Gasteiger partial charge in [-0.05, 0) is 50.3 Å². The van der Waals surface area contributed by atoms with Crippen LogP contribution in [0, 0.1) is 0 Å². The van der Waals surface area contributed by atoms with Crippen LogP contribution in [0.4, 0.5) is 0 Å². The highest BCUT2D eigenvalue weighted by atomic mass is 16.3. The average Bonchev–Trinajstić information content (AvgIpc) is 3.11. The molecule has 1 aromatic rings. The molecule has 1 rings (SSSR count). The lowest BCUT2D eigenvalue weighted by Crippen LogP contribution is -1.81. The first-order chi connectivity index (χ1) is 11.9. The Labute approximate surface area is 150 Å². The number of hydrogen-bond donors (Lipinski definition) is 0. The van der Waals surface area contributed by atoms with Gasteiger partial charge in [0.2, 0.25) is 0 Å². The lowest BCUT2D eigenvalue weighted by Gasteiger charge is -2.01. The quantitative estimate of drug-likeness (QED) is 0.219. The van der Waals surface area contributed by atoms with E-state index in [4.69, 9.17) is 4.42 Å². The zero-order valence-electron chi connectivity index (χ0n) is 15.8. The first-order valence-electron chi connectivity index (χ1n) is 10.3. The lowest BCUT2D eigenvalue weighted by molar-refractivity contribution is 0.555. The maximum Gasteiger partial charge on any atom is 0.126 e. The van der Waals surface area contributed by atoms with Gasteiger partial charge in [0.25, 0.3) is 0 Å². The Morgan fingerprint density at radius 1 is 0.708 bits per heavy atom. The molecule has 136 valence electrons. The second kappa shape index (κ2) is 16.6. The van der Waals surface area contributed by atoms with Gasteiger partial charge in [-0.25, -0.2) is 0 Å². The van der Waals surface area contributed by atoms with Gasteiger partial charge < -0.3 is 4.42 Å². The largest absolute Gasteiger partial charge is 0.465 e. The van der Waals surface area contributed by atoms with Crippen molar-refractivity contribution in [3.05, 3.63) is 42.4 Å². The van der Waals surface area contributed by atoms with E-state index in [1.807, 2.05) is 12.1 Å². The van der Waals surface area contributed by atoms with Crippen molar-refractivity contribution in [2.45, 2.75) is 96.8 Å². The van der Waals surface area contributed by atoms with Crippen LogP contribution in [0.2, 0.25) is 0 Å². The number of hydrogen-bond acceptors (Lipinski definition) is 1. The van der Waals surface area contributed by atoms with E-state index >= 15 is 0 Å². The van der Waals surface area contributed by atoms with E-state index in [0.717, 1.165) is 5.76 Å². The smallest absolute Gasteiger partial charge is 0.126 e. The van der Waals surface area contributed by atoms with Crippen molar-refractivity contribution in [3.63, 3.8) is 0 Å². The Bertz CT molecular complexity index is 400. The van der Waals surface area contributed by atoms with Crippen LogP contribution in [0.1, 0.15) is 103 Å². The van der Waals surface area contributed by atoms with E-state index in [0.29, 0.717) is 0 Å². The van der Waals surface area contributed by atoms with Gasteiger partial charge in [0, 0.05) is 0 Å². The third-order valence-electron chi connectivity index (χ3n) is 4.46. The Morgan fingerprint density at radius 2 is 1.25 bits per heavy atom. The molecule has 0 saturated carbocycles. The molecule has 0 aliphatic heterocycles. The summed E-state index contributed by atoms with van der Waals surface area (Å²) in [5, 5.41) is 0. The van der Waals surface area contributed by atoms with Gasteiger partial charge in [-0.15, -0.1) is 0 Å². The Balaban J connectivity index is 1.74. The molecule has 0 atom stereocenters. The van der Waals surface area contributed by atoms with Crippen LogP contribution in [0.25, 0.3) is 6.08 Å². The molecular weight excluding hydrogens is 292 g/mol.